The predicted octanol–water partition coefficient (Wildman–Crippen LogP) is 1.73. The van der Waals surface area contributed by atoms with Crippen LogP contribution in [0.1, 0.15) is 17.4 Å². The molecule has 1 aromatic carbocycles. The average Bonchev–Trinajstić information content (AvgIpc) is 2.74. The van der Waals surface area contributed by atoms with Crippen molar-refractivity contribution >= 4 is 11.6 Å². The number of benzene rings is 1. The van der Waals surface area contributed by atoms with Gasteiger partial charge in [-0.2, -0.15) is 15.4 Å². The van der Waals surface area contributed by atoms with E-state index in [9.17, 15) is 5.11 Å². The van der Waals surface area contributed by atoms with Gasteiger partial charge in [0.2, 0.25) is 0 Å². The lowest BCUT2D eigenvalue weighted by molar-refractivity contribution is 0.173. The van der Waals surface area contributed by atoms with Gasteiger partial charge < -0.3 is 5.11 Å². The Morgan fingerprint density at radius 2 is 2.07 bits per heavy atom. The Balaban J connectivity index is 2.06. The summed E-state index contributed by atoms with van der Waals surface area (Å²) in [7, 11) is 0. The fourth-order valence-corrected chi connectivity index (χ4v) is 1.45. The van der Waals surface area contributed by atoms with Crippen LogP contribution in [0.3, 0.4) is 0 Å². The Morgan fingerprint density at radius 3 is 2.67 bits per heavy atom. The quantitative estimate of drug-likeness (QED) is 0.833. The van der Waals surface area contributed by atoms with Gasteiger partial charge in [-0.3, -0.25) is 0 Å². The molecule has 0 spiro atoms. The summed E-state index contributed by atoms with van der Waals surface area (Å²) >= 11 is 5.76. The van der Waals surface area contributed by atoms with Crippen LogP contribution in [0.25, 0.3) is 0 Å². The molecular formula is C10H10ClN3O. The zero-order valence-corrected chi connectivity index (χ0v) is 8.65. The van der Waals surface area contributed by atoms with Crippen molar-refractivity contribution in [2.75, 3.05) is 0 Å². The normalized spacial score (nSPS) is 12.7. The number of nitrogens with one attached hydrogen (secondary N) is 1. The molecule has 0 aliphatic carbocycles. The van der Waals surface area contributed by atoms with Gasteiger partial charge in [0.1, 0.15) is 11.8 Å². The maximum Gasteiger partial charge on any atom is 0.111 e. The topological polar surface area (TPSA) is 61.8 Å². The van der Waals surface area contributed by atoms with Crippen LogP contribution in [0.15, 0.2) is 30.5 Å². The lowest BCUT2D eigenvalue weighted by Crippen LogP contribution is -2.02. The first kappa shape index (κ1) is 10.1. The number of aromatic amines is 1. The second-order valence-electron chi connectivity index (χ2n) is 3.24. The molecule has 0 saturated carbocycles. The summed E-state index contributed by atoms with van der Waals surface area (Å²) in [5.41, 5.74) is 1.56. The molecule has 15 heavy (non-hydrogen) atoms. The van der Waals surface area contributed by atoms with Gasteiger partial charge in [0.25, 0.3) is 0 Å². The van der Waals surface area contributed by atoms with Crippen LogP contribution in [-0.2, 0) is 6.42 Å². The van der Waals surface area contributed by atoms with E-state index >= 15 is 0 Å². The van der Waals surface area contributed by atoms with Gasteiger partial charge in [0.15, 0.2) is 0 Å². The van der Waals surface area contributed by atoms with E-state index in [4.69, 9.17) is 11.6 Å². The molecule has 1 unspecified atom stereocenters. The number of rotatable bonds is 3. The molecule has 4 nitrogen and oxygen atoms in total. The summed E-state index contributed by atoms with van der Waals surface area (Å²) in [4.78, 5) is 0. The highest BCUT2D eigenvalue weighted by Crippen LogP contribution is 2.17. The van der Waals surface area contributed by atoms with Gasteiger partial charge in [-0.25, -0.2) is 0 Å². The Morgan fingerprint density at radius 1 is 1.33 bits per heavy atom. The Bertz CT molecular complexity index is 413. The zero-order chi connectivity index (χ0) is 10.7. The Kier molecular flexibility index (Phi) is 2.99. The molecule has 2 N–H and O–H groups in total. The van der Waals surface area contributed by atoms with E-state index in [-0.39, 0.29) is 0 Å². The van der Waals surface area contributed by atoms with Gasteiger partial charge in [-0.05, 0) is 17.7 Å². The van der Waals surface area contributed by atoms with Crippen LogP contribution in [-0.4, -0.2) is 20.5 Å². The van der Waals surface area contributed by atoms with Crippen LogP contribution in [0.4, 0.5) is 0 Å². The largest absolute Gasteiger partial charge is 0.386 e. The van der Waals surface area contributed by atoms with E-state index < -0.39 is 6.10 Å². The molecule has 1 atom stereocenters. The number of hydrogen-bond acceptors (Lipinski definition) is 3. The van der Waals surface area contributed by atoms with Crippen LogP contribution >= 0.6 is 11.6 Å². The molecule has 0 fully saturated rings. The highest BCUT2D eigenvalue weighted by atomic mass is 35.5. The SMILES string of the molecule is OC(Cc1ccc(Cl)cc1)c1cn[nH]n1. The standard InChI is InChI=1S/C10H10ClN3O/c11-8-3-1-7(2-4-8)5-10(15)9-6-12-14-13-9/h1-4,6,10,15H,5H2,(H,12,13,14). The van der Waals surface area contributed by atoms with Crippen molar-refractivity contribution in [3.8, 4) is 0 Å². The number of halogens is 1. The van der Waals surface area contributed by atoms with Crippen LogP contribution in [0.5, 0.6) is 0 Å². The number of aromatic nitrogens is 3. The lowest BCUT2D eigenvalue weighted by atomic mass is 10.1. The fraction of sp³-hybridized carbons (Fsp3) is 0.200. The van der Waals surface area contributed by atoms with Crippen molar-refractivity contribution in [2.45, 2.75) is 12.5 Å². The van der Waals surface area contributed by atoms with Crippen LogP contribution in [0.2, 0.25) is 5.02 Å². The number of aliphatic hydroxyl groups is 1. The second kappa shape index (κ2) is 4.42. The predicted molar refractivity (Wildman–Crippen MR) is 56.5 cm³/mol. The molecule has 0 aliphatic heterocycles. The summed E-state index contributed by atoms with van der Waals surface area (Å²) in [5.74, 6) is 0. The fourth-order valence-electron chi connectivity index (χ4n) is 1.32. The molecule has 0 amide bonds. The first-order chi connectivity index (χ1) is 7.25. The summed E-state index contributed by atoms with van der Waals surface area (Å²) in [5, 5.41) is 20.4. The summed E-state index contributed by atoms with van der Waals surface area (Å²) in [6, 6.07) is 7.36. The molecule has 0 radical (unpaired) electrons. The third-order valence-corrected chi connectivity index (χ3v) is 2.37. The third kappa shape index (κ3) is 2.55. The van der Waals surface area contributed by atoms with E-state index in [1.807, 2.05) is 12.1 Å². The minimum absolute atomic E-state index is 0.504. The Hall–Kier alpha value is -1.39. The molecule has 78 valence electrons. The monoisotopic (exact) mass is 223 g/mol. The molecule has 0 bridgehead atoms. The van der Waals surface area contributed by atoms with Gasteiger partial charge in [-0.15, -0.1) is 0 Å². The van der Waals surface area contributed by atoms with Crippen molar-refractivity contribution in [2.24, 2.45) is 0 Å². The van der Waals surface area contributed by atoms with Crippen molar-refractivity contribution in [3.63, 3.8) is 0 Å². The minimum atomic E-state index is -0.634. The molecule has 1 heterocycles. The molecule has 0 aliphatic rings. The summed E-state index contributed by atoms with van der Waals surface area (Å²) in [6.45, 7) is 0. The number of nitrogens with zero attached hydrogens (tertiary/aromatic N) is 2. The molecule has 5 heteroatoms. The van der Waals surface area contributed by atoms with E-state index in [1.165, 1.54) is 6.20 Å². The molecule has 2 rings (SSSR count). The van der Waals surface area contributed by atoms with Crippen molar-refractivity contribution in [1.29, 1.82) is 0 Å². The van der Waals surface area contributed by atoms with E-state index in [0.29, 0.717) is 17.1 Å². The number of H-pyrrole nitrogens is 1. The first-order valence-corrected chi connectivity index (χ1v) is 4.91. The van der Waals surface area contributed by atoms with Gasteiger partial charge in [-0.1, -0.05) is 23.7 Å². The maximum atomic E-state index is 9.78. The maximum absolute atomic E-state index is 9.78. The highest BCUT2D eigenvalue weighted by Gasteiger charge is 2.10. The first-order valence-electron chi connectivity index (χ1n) is 4.54. The lowest BCUT2D eigenvalue weighted by Gasteiger charge is -2.06. The van der Waals surface area contributed by atoms with Crippen LogP contribution < -0.4 is 0 Å². The molecule has 1 aromatic heterocycles. The minimum Gasteiger partial charge on any atom is -0.386 e. The molecular weight excluding hydrogens is 214 g/mol. The number of hydrogen-bond donors (Lipinski definition) is 2. The third-order valence-electron chi connectivity index (χ3n) is 2.12. The van der Waals surface area contributed by atoms with Crippen molar-refractivity contribution in [1.82, 2.24) is 15.4 Å². The smallest absolute Gasteiger partial charge is 0.111 e. The number of aliphatic hydroxyl groups excluding tert-OH is 1. The summed E-state index contributed by atoms with van der Waals surface area (Å²) < 4.78 is 0. The van der Waals surface area contributed by atoms with Crippen LogP contribution in [0, 0.1) is 0 Å². The van der Waals surface area contributed by atoms with Gasteiger partial charge >= 0.3 is 0 Å². The average molecular weight is 224 g/mol. The second-order valence-corrected chi connectivity index (χ2v) is 3.68. The summed E-state index contributed by atoms with van der Waals surface area (Å²) in [6.07, 6.45) is 1.38. The van der Waals surface area contributed by atoms with Crippen molar-refractivity contribution in [3.05, 3.63) is 46.7 Å². The van der Waals surface area contributed by atoms with Gasteiger partial charge in [0, 0.05) is 11.4 Å². The van der Waals surface area contributed by atoms with E-state index in [0.717, 1.165) is 5.56 Å². The highest BCUT2D eigenvalue weighted by molar-refractivity contribution is 6.30. The zero-order valence-electron chi connectivity index (χ0n) is 7.89. The van der Waals surface area contributed by atoms with Crippen molar-refractivity contribution < 1.29 is 5.11 Å². The molecule has 0 saturated heterocycles. The molecule has 2 aromatic rings. The van der Waals surface area contributed by atoms with E-state index in [2.05, 4.69) is 15.4 Å². The van der Waals surface area contributed by atoms with E-state index in [1.54, 1.807) is 12.1 Å². The Labute approximate surface area is 91.9 Å². The van der Waals surface area contributed by atoms with Gasteiger partial charge in [0.05, 0.1) is 6.20 Å².